The molecule has 1 fully saturated rings. The van der Waals surface area contributed by atoms with Crippen LogP contribution in [0.15, 0.2) is 87.3 Å². The lowest BCUT2D eigenvalue weighted by Gasteiger charge is -2.44. The highest BCUT2D eigenvalue weighted by Crippen LogP contribution is 2.33. The third-order valence-electron chi connectivity index (χ3n) is 8.42. The standard InChI is InChI=1S/C36H39N3O16S/c1-21(40)49-20-28-30(51-22(2)41)31(52-23(3)42)32(53-24(4)43)34(54-28)55-29-16-15-27(33(44)50-19-25-11-7-5-8-12-25)38-35(45)37(36(46)39(29)38)17-18-56(47,48)26-13-9-6-10-14-26/h5-16,27-32,34H,17-20H2,1-4H3/t27-,28+,29-,30+,31-,32+,34-/m0/s1. The highest BCUT2D eigenvalue weighted by molar-refractivity contribution is 7.91. The summed E-state index contributed by atoms with van der Waals surface area (Å²) in [5.74, 6) is -5.09. The molecule has 56 heavy (non-hydrogen) atoms. The molecule has 0 spiro atoms. The highest BCUT2D eigenvalue weighted by atomic mass is 32.2. The van der Waals surface area contributed by atoms with Crippen LogP contribution in [0.2, 0.25) is 0 Å². The van der Waals surface area contributed by atoms with Crippen LogP contribution >= 0.6 is 0 Å². The van der Waals surface area contributed by atoms with Crippen molar-refractivity contribution in [2.75, 3.05) is 12.4 Å². The topological polar surface area (TPSA) is 233 Å². The molecular weight excluding hydrogens is 762 g/mol. The molecule has 0 bridgehead atoms. The fourth-order valence-corrected chi connectivity index (χ4v) is 7.27. The van der Waals surface area contributed by atoms with Crippen LogP contribution in [0.1, 0.15) is 45.5 Å². The van der Waals surface area contributed by atoms with Gasteiger partial charge in [0.05, 0.1) is 10.6 Å². The second-order valence-electron chi connectivity index (χ2n) is 12.6. The summed E-state index contributed by atoms with van der Waals surface area (Å²) in [5, 5.41) is 0. The van der Waals surface area contributed by atoms with Crippen molar-refractivity contribution in [2.24, 2.45) is 0 Å². The molecule has 2 aromatic carbocycles. The van der Waals surface area contributed by atoms with E-state index in [9.17, 15) is 42.0 Å². The number of rotatable bonds is 14. The number of fused-ring (bicyclic) bond motifs is 1. The van der Waals surface area contributed by atoms with Crippen molar-refractivity contribution in [3.8, 4) is 0 Å². The van der Waals surface area contributed by atoms with Gasteiger partial charge in [0.1, 0.15) is 19.3 Å². The summed E-state index contributed by atoms with van der Waals surface area (Å²) in [4.78, 5) is 90.2. The Balaban J connectivity index is 1.56. The Bertz CT molecular complexity index is 2190. The lowest BCUT2D eigenvalue weighted by molar-refractivity contribution is -0.321. The second kappa shape index (κ2) is 17.7. The lowest BCUT2D eigenvalue weighted by atomic mass is 9.98. The van der Waals surface area contributed by atoms with Gasteiger partial charge in [-0.3, -0.25) is 19.2 Å². The molecule has 0 aliphatic carbocycles. The SMILES string of the molecule is CC(=O)OC[C@H]1O[C@@H](O[C@H]2C=C[C@@H](C(=O)OCc3ccccc3)n3c(=O)n(CCS(=O)(=O)c4ccccc4)c(=O)n32)[C@H](OC(C)=O)[C@@H](OC(C)=O)[C@@H]1OC(C)=O. The van der Waals surface area contributed by atoms with Gasteiger partial charge in [-0.05, 0) is 29.8 Å². The van der Waals surface area contributed by atoms with Gasteiger partial charge in [-0.25, -0.2) is 32.1 Å². The van der Waals surface area contributed by atoms with Crippen molar-refractivity contribution in [2.45, 2.75) is 88.7 Å². The maximum absolute atomic E-state index is 14.1. The Kier molecular flexibility index (Phi) is 13.1. The number of benzene rings is 2. The predicted molar refractivity (Wildman–Crippen MR) is 188 cm³/mol. The van der Waals surface area contributed by atoms with Crippen LogP contribution in [-0.4, -0.2) is 95.3 Å². The molecule has 7 atom stereocenters. The summed E-state index contributed by atoms with van der Waals surface area (Å²) in [7, 11) is -4.00. The maximum atomic E-state index is 14.1. The molecule has 5 rings (SSSR count). The minimum Gasteiger partial charge on any atom is -0.463 e. The van der Waals surface area contributed by atoms with Crippen LogP contribution < -0.4 is 11.4 Å². The number of sulfone groups is 1. The van der Waals surface area contributed by atoms with Crippen molar-refractivity contribution in [1.82, 2.24) is 13.9 Å². The van der Waals surface area contributed by atoms with Gasteiger partial charge in [0.25, 0.3) is 0 Å². The van der Waals surface area contributed by atoms with E-state index in [-0.39, 0.29) is 11.5 Å². The molecule has 0 unspecified atom stereocenters. The van der Waals surface area contributed by atoms with Gasteiger partial charge in [0.2, 0.25) is 6.29 Å². The Morgan fingerprint density at radius 1 is 0.696 bits per heavy atom. The van der Waals surface area contributed by atoms with Crippen molar-refractivity contribution in [1.29, 1.82) is 0 Å². The Morgan fingerprint density at radius 3 is 1.88 bits per heavy atom. The van der Waals surface area contributed by atoms with Gasteiger partial charge in [-0.1, -0.05) is 48.5 Å². The number of carbonyl (C=O) groups excluding carboxylic acids is 5. The van der Waals surface area contributed by atoms with E-state index in [0.717, 1.165) is 37.1 Å². The molecule has 3 aromatic rings. The number of esters is 5. The van der Waals surface area contributed by atoms with Crippen molar-refractivity contribution < 1.29 is 65.5 Å². The summed E-state index contributed by atoms with van der Waals surface area (Å²) in [6.45, 7) is 2.78. The van der Waals surface area contributed by atoms with Gasteiger partial charge >= 0.3 is 41.2 Å². The van der Waals surface area contributed by atoms with Crippen LogP contribution in [0.3, 0.4) is 0 Å². The first kappa shape index (κ1) is 41.3. The normalized spacial score (nSPS) is 23.0. The molecular formula is C36H39N3O16S. The van der Waals surface area contributed by atoms with E-state index in [2.05, 4.69) is 0 Å². The van der Waals surface area contributed by atoms with Crippen molar-refractivity contribution in [3.05, 3.63) is 99.3 Å². The van der Waals surface area contributed by atoms with E-state index >= 15 is 0 Å². The molecule has 0 radical (unpaired) electrons. The molecule has 1 aromatic heterocycles. The Hall–Kier alpha value is -5.86. The molecule has 20 heteroatoms. The minimum atomic E-state index is -4.00. The zero-order chi connectivity index (χ0) is 40.7. The number of nitrogens with zero attached hydrogens (tertiary/aromatic N) is 3. The number of hydrogen-bond acceptors (Lipinski definition) is 16. The van der Waals surface area contributed by atoms with Gasteiger partial charge in [0, 0.05) is 34.2 Å². The van der Waals surface area contributed by atoms with Gasteiger partial charge in [-0.2, -0.15) is 4.68 Å². The summed E-state index contributed by atoms with van der Waals surface area (Å²) >= 11 is 0. The number of carbonyl (C=O) groups is 5. The van der Waals surface area contributed by atoms with E-state index in [4.69, 9.17) is 33.2 Å². The van der Waals surface area contributed by atoms with E-state index in [1.54, 1.807) is 36.4 Å². The van der Waals surface area contributed by atoms with Gasteiger partial charge in [0.15, 0.2) is 40.4 Å². The van der Waals surface area contributed by atoms with Crippen LogP contribution in [0.5, 0.6) is 0 Å². The molecule has 300 valence electrons. The second-order valence-corrected chi connectivity index (χ2v) is 14.7. The molecule has 2 aliphatic rings. The first-order valence-corrected chi connectivity index (χ1v) is 18.8. The van der Waals surface area contributed by atoms with Gasteiger partial charge in [-0.15, -0.1) is 0 Å². The van der Waals surface area contributed by atoms with Crippen LogP contribution in [0.4, 0.5) is 0 Å². The number of hydrogen-bond donors (Lipinski definition) is 0. The first-order valence-electron chi connectivity index (χ1n) is 17.1. The fourth-order valence-electron chi connectivity index (χ4n) is 6.04. The number of ether oxygens (including phenoxy) is 7. The van der Waals surface area contributed by atoms with Gasteiger partial charge < -0.3 is 33.2 Å². The molecule has 2 aliphatic heterocycles. The molecule has 1 saturated heterocycles. The third kappa shape index (κ3) is 9.68. The van der Waals surface area contributed by atoms with Crippen LogP contribution in [0.25, 0.3) is 0 Å². The largest absolute Gasteiger partial charge is 0.463 e. The van der Waals surface area contributed by atoms with Crippen LogP contribution in [-0.2, 0) is 80.1 Å². The quantitative estimate of drug-likeness (QED) is 0.124. The van der Waals surface area contributed by atoms with E-state index in [1.165, 1.54) is 36.4 Å². The van der Waals surface area contributed by atoms with Crippen molar-refractivity contribution >= 4 is 39.7 Å². The van der Waals surface area contributed by atoms with Crippen molar-refractivity contribution in [3.63, 3.8) is 0 Å². The molecule has 0 amide bonds. The summed E-state index contributed by atoms with van der Waals surface area (Å²) in [5.41, 5.74) is -1.59. The monoisotopic (exact) mass is 801 g/mol. The fraction of sp³-hybridized carbons (Fsp3) is 0.417. The number of aromatic nitrogens is 3. The highest BCUT2D eigenvalue weighted by Gasteiger charge is 2.54. The molecule has 0 N–H and O–H groups in total. The smallest absolute Gasteiger partial charge is 0.349 e. The summed E-state index contributed by atoms with van der Waals surface area (Å²) in [6, 6.07) is 14.4. The molecule has 0 saturated carbocycles. The van der Waals surface area contributed by atoms with Crippen LogP contribution in [0, 0.1) is 0 Å². The molecule has 3 heterocycles. The summed E-state index contributed by atoms with van der Waals surface area (Å²) in [6.07, 6.45) is -7.30. The summed E-state index contributed by atoms with van der Waals surface area (Å²) < 4.78 is 67.4. The van der Waals surface area contributed by atoms with E-state index < -0.39 is 113 Å². The maximum Gasteiger partial charge on any atom is 0.349 e. The van der Waals surface area contributed by atoms with E-state index in [0.29, 0.717) is 10.1 Å². The Labute approximate surface area is 319 Å². The van der Waals surface area contributed by atoms with E-state index in [1.807, 2.05) is 0 Å². The zero-order valence-corrected chi connectivity index (χ0v) is 31.4. The average Bonchev–Trinajstić information content (AvgIpc) is 3.40. The molecule has 19 nitrogen and oxygen atoms in total. The first-order chi connectivity index (χ1) is 26.6. The predicted octanol–water partition coefficient (Wildman–Crippen LogP) is 0.738. The minimum absolute atomic E-state index is 0.0500. The lowest BCUT2D eigenvalue weighted by Crippen LogP contribution is -2.63. The zero-order valence-electron chi connectivity index (χ0n) is 30.6. The Morgan fingerprint density at radius 2 is 1.27 bits per heavy atom. The third-order valence-corrected chi connectivity index (χ3v) is 10.1. The average molecular weight is 802 g/mol.